The number of carbonyl (C=O) groups is 1. The number of hydrogen-bond acceptors (Lipinski definition) is 7. The number of nitriles is 1. The molecule has 9 heteroatoms. The van der Waals surface area contributed by atoms with Gasteiger partial charge >= 0.3 is 0 Å². The van der Waals surface area contributed by atoms with Crippen LogP contribution < -0.4 is 10.6 Å². The van der Waals surface area contributed by atoms with Crippen LogP contribution in [0, 0.1) is 11.3 Å². The standard InChI is InChI=1S/C21H22N8O/c1-12-11-29(7-6-23-12)21(30)20-24-16-5-2-13(10-22)8-15(16)19(26-20)25-18-9-17(27-28-18)14-3-4-14/h2,5,8-9,12,14,23H,3-4,6-7,11H2,1H3,(H2,24,25,26,27,28). The molecule has 2 aromatic heterocycles. The Morgan fingerprint density at radius 3 is 2.93 bits per heavy atom. The van der Waals surface area contributed by atoms with Crippen LogP contribution in [0.3, 0.4) is 0 Å². The van der Waals surface area contributed by atoms with Crippen molar-refractivity contribution in [1.82, 2.24) is 30.4 Å². The molecule has 1 aliphatic carbocycles. The summed E-state index contributed by atoms with van der Waals surface area (Å²) in [6.45, 7) is 4.02. The molecular formula is C21H22N8O. The molecule has 2 aliphatic rings. The van der Waals surface area contributed by atoms with Crippen LogP contribution in [0.5, 0.6) is 0 Å². The summed E-state index contributed by atoms with van der Waals surface area (Å²) in [6.07, 6.45) is 2.34. The number of piperazine rings is 1. The van der Waals surface area contributed by atoms with Crippen LogP contribution in [0.4, 0.5) is 11.6 Å². The number of carbonyl (C=O) groups excluding carboxylic acids is 1. The lowest BCUT2D eigenvalue weighted by molar-refractivity contribution is 0.0697. The zero-order valence-electron chi connectivity index (χ0n) is 16.6. The van der Waals surface area contributed by atoms with Crippen molar-refractivity contribution < 1.29 is 4.79 Å². The highest BCUT2D eigenvalue weighted by molar-refractivity contribution is 5.97. The molecule has 0 bridgehead atoms. The second kappa shape index (κ2) is 7.39. The van der Waals surface area contributed by atoms with E-state index >= 15 is 0 Å². The first-order chi connectivity index (χ1) is 14.6. The lowest BCUT2D eigenvalue weighted by Crippen LogP contribution is -2.51. The minimum atomic E-state index is -0.196. The Morgan fingerprint density at radius 2 is 2.17 bits per heavy atom. The summed E-state index contributed by atoms with van der Waals surface area (Å²) in [4.78, 5) is 23.9. The van der Waals surface area contributed by atoms with Crippen LogP contribution in [-0.2, 0) is 0 Å². The van der Waals surface area contributed by atoms with Crippen molar-refractivity contribution in [3.63, 3.8) is 0 Å². The highest BCUT2D eigenvalue weighted by atomic mass is 16.2. The quantitative estimate of drug-likeness (QED) is 0.612. The van der Waals surface area contributed by atoms with Gasteiger partial charge in [0, 0.05) is 48.7 Å². The van der Waals surface area contributed by atoms with Gasteiger partial charge in [-0.25, -0.2) is 9.97 Å². The van der Waals surface area contributed by atoms with Gasteiger partial charge < -0.3 is 15.5 Å². The van der Waals surface area contributed by atoms with Gasteiger partial charge in [-0.3, -0.25) is 9.89 Å². The SMILES string of the molecule is CC1CN(C(=O)c2nc(Nc3cc(C4CC4)[nH]n3)c3cc(C#N)ccc3n2)CCN1. The van der Waals surface area contributed by atoms with Crippen molar-refractivity contribution in [2.75, 3.05) is 25.0 Å². The zero-order valence-corrected chi connectivity index (χ0v) is 16.6. The number of fused-ring (bicyclic) bond motifs is 1. The number of H-pyrrole nitrogens is 1. The third-order valence-electron chi connectivity index (χ3n) is 5.53. The van der Waals surface area contributed by atoms with Crippen LogP contribution in [0.15, 0.2) is 24.3 Å². The van der Waals surface area contributed by atoms with Crippen molar-refractivity contribution in [2.45, 2.75) is 31.7 Å². The fourth-order valence-electron chi connectivity index (χ4n) is 3.77. The number of aromatic amines is 1. The van der Waals surface area contributed by atoms with Crippen LogP contribution >= 0.6 is 0 Å². The molecule has 3 aromatic rings. The normalized spacial score (nSPS) is 18.9. The Hall–Kier alpha value is -3.51. The summed E-state index contributed by atoms with van der Waals surface area (Å²) in [5.41, 5.74) is 2.21. The Balaban J connectivity index is 1.53. The van der Waals surface area contributed by atoms with E-state index in [0.717, 1.165) is 12.2 Å². The molecule has 152 valence electrons. The van der Waals surface area contributed by atoms with Crippen LogP contribution in [-0.4, -0.2) is 56.6 Å². The van der Waals surface area contributed by atoms with E-state index in [0.29, 0.717) is 47.1 Å². The molecule has 1 saturated carbocycles. The molecular weight excluding hydrogens is 380 g/mol. The average Bonchev–Trinajstić information content (AvgIpc) is 3.51. The number of anilines is 2. The molecule has 1 atom stereocenters. The van der Waals surface area contributed by atoms with Crippen LogP contribution in [0.25, 0.3) is 10.9 Å². The third kappa shape index (κ3) is 3.57. The molecule has 1 unspecified atom stereocenters. The van der Waals surface area contributed by atoms with E-state index in [4.69, 9.17) is 0 Å². The second-order valence-electron chi connectivity index (χ2n) is 7.95. The van der Waals surface area contributed by atoms with Crippen LogP contribution in [0.1, 0.15) is 47.6 Å². The van der Waals surface area contributed by atoms with Gasteiger partial charge in [0.05, 0.1) is 17.1 Å². The number of benzene rings is 1. The van der Waals surface area contributed by atoms with Gasteiger partial charge in [-0.15, -0.1) is 0 Å². The number of rotatable bonds is 4. The Kier molecular flexibility index (Phi) is 4.56. The molecule has 1 aliphatic heterocycles. The Bertz CT molecular complexity index is 1160. The molecule has 1 amide bonds. The maximum absolute atomic E-state index is 13.1. The number of nitrogens with one attached hydrogen (secondary N) is 3. The molecule has 0 radical (unpaired) electrons. The summed E-state index contributed by atoms with van der Waals surface area (Å²) >= 11 is 0. The summed E-state index contributed by atoms with van der Waals surface area (Å²) in [5, 5.41) is 23.9. The van der Waals surface area contributed by atoms with E-state index in [1.807, 2.05) is 13.0 Å². The number of aromatic nitrogens is 4. The van der Waals surface area contributed by atoms with Crippen molar-refractivity contribution in [3.05, 3.63) is 41.3 Å². The van der Waals surface area contributed by atoms with Crippen molar-refractivity contribution in [3.8, 4) is 6.07 Å². The van der Waals surface area contributed by atoms with Gasteiger partial charge in [-0.05, 0) is 38.0 Å². The third-order valence-corrected chi connectivity index (χ3v) is 5.53. The Morgan fingerprint density at radius 1 is 1.30 bits per heavy atom. The summed E-state index contributed by atoms with van der Waals surface area (Å²) in [6, 6.07) is 9.51. The lowest BCUT2D eigenvalue weighted by atomic mass is 10.1. The maximum atomic E-state index is 13.1. The summed E-state index contributed by atoms with van der Waals surface area (Å²) < 4.78 is 0. The zero-order chi connectivity index (χ0) is 20.7. The van der Waals surface area contributed by atoms with E-state index in [9.17, 15) is 10.1 Å². The number of hydrogen-bond donors (Lipinski definition) is 3. The first kappa shape index (κ1) is 18.5. The Labute approximate surface area is 173 Å². The van der Waals surface area contributed by atoms with E-state index in [2.05, 4.69) is 36.9 Å². The van der Waals surface area contributed by atoms with Gasteiger partial charge in [0.25, 0.3) is 5.91 Å². The molecule has 3 heterocycles. The van der Waals surface area contributed by atoms with Gasteiger partial charge in [0.15, 0.2) is 5.82 Å². The predicted molar refractivity (Wildman–Crippen MR) is 111 cm³/mol. The molecule has 0 spiro atoms. The summed E-state index contributed by atoms with van der Waals surface area (Å²) in [7, 11) is 0. The van der Waals surface area contributed by atoms with Crippen molar-refractivity contribution in [1.29, 1.82) is 5.26 Å². The van der Waals surface area contributed by atoms with Gasteiger partial charge in [-0.2, -0.15) is 10.4 Å². The van der Waals surface area contributed by atoms with E-state index < -0.39 is 0 Å². The minimum absolute atomic E-state index is 0.141. The first-order valence-corrected chi connectivity index (χ1v) is 10.2. The molecule has 30 heavy (non-hydrogen) atoms. The molecule has 3 N–H and O–H groups in total. The molecule has 9 nitrogen and oxygen atoms in total. The largest absolute Gasteiger partial charge is 0.333 e. The smallest absolute Gasteiger partial charge is 0.291 e. The fourth-order valence-corrected chi connectivity index (χ4v) is 3.77. The second-order valence-corrected chi connectivity index (χ2v) is 7.95. The monoisotopic (exact) mass is 402 g/mol. The molecule has 5 rings (SSSR count). The summed E-state index contributed by atoms with van der Waals surface area (Å²) in [5.74, 6) is 1.60. The molecule has 1 aromatic carbocycles. The van der Waals surface area contributed by atoms with Gasteiger partial charge in [0.1, 0.15) is 5.82 Å². The van der Waals surface area contributed by atoms with Crippen molar-refractivity contribution in [2.24, 2.45) is 0 Å². The molecule has 2 fully saturated rings. The fraction of sp³-hybridized carbons (Fsp3) is 0.381. The number of amides is 1. The van der Waals surface area contributed by atoms with Gasteiger partial charge in [0.2, 0.25) is 5.82 Å². The molecule has 1 saturated heterocycles. The van der Waals surface area contributed by atoms with E-state index in [1.165, 1.54) is 12.8 Å². The van der Waals surface area contributed by atoms with Gasteiger partial charge in [-0.1, -0.05) is 0 Å². The topological polar surface area (TPSA) is 123 Å². The highest BCUT2D eigenvalue weighted by Gasteiger charge is 2.27. The highest BCUT2D eigenvalue weighted by Crippen LogP contribution is 2.39. The minimum Gasteiger partial charge on any atom is -0.333 e. The lowest BCUT2D eigenvalue weighted by Gasteiger charge is -2.31. The van der Waals surface area contributed by atoms with E-state index in [1.54, 1.807) is 23.1 Å². The average molecular weight is 402 g/mol. The first-order valence-electron chi connectivity index (χ1n) is 10.2. The number of nitrogens with zero attached hydrogens (tertiary/aromatic N) is 5. The van der Waals surface area contributed by atoms with Crippen molar-refractivity contribution >= 4 is 28.4 Å². The maximum Gasteiger partial charge on any atom is 0.291 e. The predicted octanol–water partition coefficient (Wildman–Crippen LogP) is 2.28. The van der Waals surface area contributed by atoms with E-state index in [-0.39, 0.29) is 17.8 Å². The van der Waals surface area contributed by atoms with Crippen LogP contribution in [0.2, 0.25) is 0 Å².